The lowest BCUT2D eigenvalue weighted by atomic mass is 9.76. The molecule has 0 unspecified atom stereocenters. The molecule has 3 atom stereocenters. The van der Waals surface area contributed by atoms with Crippen LogP contribution in [0.4, 0.5) is 0 Å². The number of carbonyl (C=O) groups is 2. The van der Waals surface area contributed by atoms with Gasteiger partial charge >= 0.3 is 5.97 Å². The number of benzene rings is 1. The fraction of sp³-hybridized carbons (Fsp3) is 0.742. The summed E-state index contributed by atoms with van der Waals surface area (Å²) < 4.78 is 12.1. The lowest BCUT2D eigenvalue weighted by Gasteiger charge is -2.34. The van der Waals surface area contributed by atoms with Gasteiger partial charge in [0.2, 0.25) is 12.7 Å². The van der Waals surface area contributed by atoms with Crippen LogP contribution in [0.5, 0.6) is 11.5 Å². The third kappa shape index (κ3) is 8.84. The molecular formula is C31H52N3O5+. The Labute approximate surface area is 235 Å². The minimum absolute atomic E-state index is 0.0194. The van der Waals surface area contributed by atoms with Gasteiger partial charge in [-0.25, -0.2) is 0 Å². The van der Waals surface area contributed by atoms with Gasteiger partial charge in [0.15, 0.2) is 11.5 Å². The predicted octanol–water partition coefficient (Wildman–Crippen LogP) is 4.87. The molecular weight excluding hydrogens is 494 g/mol. The highest BCUT2D eigenvalue weighted by Gasteiger charge is 2.48. The molecule has 1 fully saturated rings. The average molecular weight is 547 g/mol. The zero-order valence-electron chi connectivity index (χ0n) is 25.1. The van der Waals surface area contributed by atoms with Crippen molar-refractivity contribution in [2.24, 2.45) is 11.3 Å². The van der Waals surface area contributed by atoms with E-state index in [9.17, 15) is 14.7 Å². The van der Waals surface area contributed by atoms with E-state index in [0.717, 1.165) is 48.7 Å². The Hall–Kier alpha value is -2.32. The van der Waals surface area contributed by atoms with Crippen molar-refractivity contribution in [2.45, 2.75) is 84.6 Å². The second kappa shape index (κ2) is 13.8. The first kappa shape index (κ1) is 31.2. The third-order valence-corrected chi connectivity index (χ3v) is 8.52. The molecule has 2 aliphatic rings. The molecule has 220 valence electrons. The number of amides is 1. The number of likely N-dealkylation sites (tertiary alicyclic amines) is 1. The number of fused-ring (bicyclic) bond motifs is 1. The van der Waals surface area contributed by atoms with E-state index < -0.39 is 11.9 Å². The van der Waals surface area contributed by atoms with Gasteiger partial charge in [-0.2, -0.15) is 0 Å². The van der Waals surface area contributed by atoms with Gasteiger partial charge in [-0.3, -0.25) is 14.5 Å². The zero-order chi connectivity index (χ0) is 28.6. The maximum absolute atomic E-state index is 13.1. The standard InChI is InChI=1S/C31H51N3O5/c1-7-9-16-34(5,6)17-11-10-15-32-28(35)21-33-20-24(23-12-13-26-27(18-23)39-22-38-26)29(30(36)37)25(33)19-31(3,4)14-8-2/h12-13,18,24-25,29H,7-11,14-17,19-22H2,1-6H3,(H-,32,35,36,37)/p+1/t24-,25-,29+/m1/s1. The molecule has 39 heavy (non-hydrogen) atoms. The van der Waals surface area contributed by atoms with E-state index in [-0.39, 0.29) is 36.6 Å². The Balaban J connectivity index is 1.67. The van der Waals surface area contributed by atoms with E-state index in [1.165, 1.54) is 19.4 Å². The zero-order valence-corrected chi connectivity index (χ0v) is 25.1. The number of ether oxygens (including phenoxy) is 2. The molecule has 8 heteroatoms. The first-order valence-corrected chi connectivity index (χ1v) is 14.9. The monoisotopic (exact) mass is 546 g/mol. The number of quaternary nitrogens is 1. The minimum atomic E-state index is -0.804. The summed E-state index contributed by atoms with van der Waals surface area (Å²) in [5, 5.41) is 13.5. The van der Waals surface area contributed by atoms with E-state index in [1.807, 2.05) is 18.2 Å². The Morgan fingerprint density at radius 1 is 1.08 bits per heavy atom. The Kier molecular flexibility index (Phi) is 11.1. The lowest BCUT2D eigenvalue weighted by molar-refractivity contribution is -0.890. The van der Waals surface area contributed by atoms with Crippen molar-refractivity contribution in [3.63, 3.8) is 0 Å². The summed E-state index contributed by atoms with van der Waals surface area (Å²) in [5.74, 6) is -0.307. The van der Waals surface area contributed by atoms with Crippen LogP contribution in [0, 0.1) is 11.3 Å². The maximum Gasteiger partial charge on any atom is 0.308 e. The molecule has 0 aliphatic carbocycles. The van der Waals surface area contributed by atoms with Crippen molar-refractivity contribution in [3.8, 4) is 11.5 Å². The molecule has 2 N–H and O–H groups in total. The normalized spacial score (nSPS) is 21.3. The number of hydrogen-bond donors (Lipinski definition) is 2. The molecule has 1 aromatic carbocycles. The number of nitrogens with one attached hydrogen (secondary N) is 1. The second-order valence-corrected chi connectivity index (χ2v) is 13.0. The van der Waals surface area contributed by atoms with Gasteiger partial charge in [-0.1, -0.05) is 46.6 Å². The number of rotatable bonds is 16. The first-order chi connectivity index (χ1) is 18.5. The first-order valence-electron chi connectivity index (χ1n) is 14.9. The van der Waals surface area contributed by atoms with Crippen molar-refractivity contribution in [2.75, 3.05) is 53.6 Å². The number of hydrogen-bond acceptors (Lipinski definition) is 5. The van der Waals surface area contributed by atoms with Gasteiger partial charge in [0.25, 0.3) is 0 Å². The molecule has 3 rings (SSSR count). The minimum Gasteiger partial charge on any atom is -0.481 e. The molecule has 2 heterocycles. The van der Waals surface area contributed by atoms with Gasteiger partial charge in [0.1, 0.15) is 0 Å². The summed E-state index contributed by atoms with van der Waals surface area (Å²) in [6.45, 7) is 12.7. The van der Waals surface area contributed by atoms with Gasteiger partial charge in [0, 0.05) is 25.0 Å². The second-order valence-electron chi connectivity index (χ2n) is 13.0. The van der Waals surface area contributed by atoms with Gasteiger partial charge < -0.3 is 24.4 Å². The van der Waals surface area contributed by atoms with Crippen molar-refractivity contribution < 1.29 is 28.7 Å². The third-order valence-electron chi connectivity index (χ3n) is 8.52. The summed E-state index contributed by atoms with van der Waals surface area (Å²) in [5.41, 5.74) is 0.908. The van der Waals surface area contributed by atoms with Gasteiger partial charge in [-0.05, 0) is 55.2 Å². The molecule has 1 saturated heterocycles. The molecule has 1 aromatic rings. The van der Waals surface area contributed by atoms with Crippen LogP contribution in [0.3, 0.4) is 0 Å². The number of carboxylic acid groups (broad SMARTS) is 1. The van der Waals surface area contributed by atoms with E-state index in [1.54, 1.807) is 0 Å². The molecule has 0 bridgehead atoms. The summed E-state index contributed by atoms with van der Waals surface area (Å²) in [6.07, 6.45) is 7.25. The molecule has 0 aromatic heterocycles. The van der Waals surface area contributed by atoms with Crippen molar-refractivity contribution in [1.29, 1.82) is 0 Å². The Morgan fingerprint density at radius 2 is 1.79 bits per heavy atom. The molecule has 0 spiro atoms. The SMILES string of the molecule is CCCC[N+](C)(C)CCCCNC(=O)CN1C[C@H](c2ccc3c(c2)OCO3)[C@H](C(=O)O)[C@H]1CC(C)(C)CCC. The highest BCUT2D eigenvalue weighted by atomic mass is 16.7. The predicted molar refractivity (Wildman–Crippen MR) is 154 cm³/mol. The quantitative estimate of drug-likeness (QED) is 0.227. The summed E-state index contributed by atoms with van der Waals surface area (Å²) in [6, 6.07) is 5.51. The van der Waals surface area contributed by atoms with Gasteiger partial charge in [0.05, 0.1) is 39.6 Å². The van der Waals surface area contributed by atoms with Gasteiger partial charge in [-0.15, -0.1) is 0 Å². The maximum atomic E-state index is 13.1. The van der Waals surface area contributed by atoms with Crippen LogP contribution in [0.1, 0.15) is 84.1 Å². The smallest absolute Gasteiger partial charge is 0.308 e. The van der Waals surface area contributed by atoms with Crippen molar-refractivity contribution >= 4 is 11.9 Å². The largest absolute Gasteiger partial charge is 0.481 e. The van der Waals surface area contributed by atoms with E-state index in [4.69, 9.17) is 9.47 Å². The van der Waals surface area contributed by atoms with Crippen molar-refractivity contribution in [1.82, 2.24) is 10.2 Å². The van der Waals surface area contributed by atoms with Crippen LogP contribution < -0.4 is 14.8 Å². The van der Waals surface area contributed by atoms with E-state index >= 15 is 0 Å². The fourth-order valence-corrected chi connectivity index (χ4v) is 6.40. The van der Waals surface area contributed by atoms with Crippen LogP contribution >= 0.6 is 0 Å². The Morgan fingerprint density at radius 3 is 2.49 bits per heavy atom. The highest BCUT2D eigenvalue weighted by Crippen LogP contribution is 2.45. The highest BCUT2D eigenvalue weighted by molar-refractivity contribution is 5.79. The molecule has 1 amide bonds. The van der Waals surface area contributed by atoms with Crippen LogP contribution in [-0.2, 0) is 9.59 Å². The fourth-order valence-electron chi connectivity index (χ4n) is 6.40. The molecule has 0 radical (unpaired) electrons. The number of carboxylic acids is 1. The summed E-state index contributed by atoms with van der Waals surface area (Å²) in [4.78, 5) is 27.9. The molecule has 2 aliphatic heterocycles. The number of unbranched alkanes of at least 4 members (excludes halogenated alkanes) is 2. The van der Waals surface area contributed by atoms with Crippen molar-refractivity contribution in [3.05, 3.63) is 23.8 Å². The van der Waals surface area contributed by atoms with Crippen LogP contribution in [-0.4, -0.2) is 86.0 Å². The number of carbonyl (C=O) groups excluding carboxylic acids is 1. The van der Waals surface area contributed by atoms with Crippen LogP contribution in [0.2, 0.25) is 0 Å². The number of aliphatic carboxylic acids is 1. The van der Waals surface area contributed by atoms with E-state index in [2.05, 4.69) is 52.0 Å². The summed E-state index contributed by atoms with van der Waals surface area (Å²) >= 11 is 0. The summed E-state index contributed by atoms with van der Waals surface area (Å²) in [7, 11) is 4.55. The van der Waals surface area contributed by atoms with Crippen LogP contribution in [0.25, 0.3) is 0 Å². The molecule has 8 nitrogen and oxygen atoms in total. The van der Waals surface area contributed by atoms with Crippen LogP contribution in [0.15, 0.2) is 18.2 Å². The Bertz CT molecular complexity index is 964. The topological polar surface area (TPSA) is 88.1 Å². The molecule has 0 saturated carbocycles. The number of nitrogens with zero attached hydrogens (tertiary/aromatic N) is 2. The average Bonchev–Trinajstić information content (AvgIpc) is 3.46. The van der Waals surface area contributed by atoms with E-state index in [0.29, 0.717) is 24.6 Å². The lowest BCUT2D eigenvalue weighted by Crippen LogP contribution is -2.44.